The van der Waals surface area contributed by atoms with E-state index in [1.54, 1.807) is 16.9 Å². The fraction of sp³-hybridized carbons (Fsp3) is 0.455. The number of fused-ring (bicyclic) bond motifs is 1. The summed E-state index contributed by atoms with van der Waals surface area (Å²) in [7, 11) is -3.10. The van der Waals surface area contributed by atoms with E-state index in [0.29, 0.717) is 13.1 Å². The molecule has 1 aliphatic heterocycles. The largest absolute Gasteiger partial charge is 0.365 e. The summed E-state index contributed by atoms with van der Waals surface area (Å²) >= 11 is 0. The SMILES string of the molecule is CS(=O)(=O)N1CC[C@H](Nc2ccc3nccn3n2)C1. The van der Waals surface area contributed by atoms with Crippen LogP contribution in [0.15, 0.2) is 24.5 Å². The highest BCUT2D eigenvalue weighted by molar-refractivity contribution is 7.88. The summed E-state index contributed by atoms with van der Waals surface area (Å²) in [5.74, 6) is 0.728. The third kappa shape index (κ3) is 2.54. The van der Waals surface area contributed by atoms with E-state index in [2.05, 4.69) is 15.4 Å². The van der Waals surface area contributed by atoms with Crippen LogP contribution in [-0.2, 0) is 10.0 Å². The molecule has 0 spiro atoms. The average Bonchev–Trinajstić information content (AvgIpc) is 2.95. The number of rotatable bonds is 3. The van der Waals surface area contributed by atoms with Crippen LogP contribution in [0, 0.1) is 0 Å². The number of nitrogens with one attached hydrogen (secondary N) is 1. The normalized spacial score (nSPS) is 21.0. The van der Waals surface area contributed by atoms with E-state index < -0.39 is 10.0 Å². The second kappa shape index (κ2) is 4.46. The minimum absolute atomic E-state index is 0.100. The monoisotopic (exact) mass is 281 g/mol. The van der Waals surface area contributed by atoms with Gasteiger partial charge < -0.3 is 5.32 Å². The van der Waals surface area contributed by atoms with Gasteiger partial charge in [0.2, 0.25) is 10.0 Å². The summed E-state index contributed by atoms with van der Waals surface area (Å²) in [6, 6.07) is 3.83. The van der Waals surface area contributed by atoms with Crippen molar-refractivity contribution >= 4 is 21.5 Å². The van der Waals surface area contributed by atoms with Gasteiger partial charge in [-0.2, -0.15) is 0 Å². The van der Waals surface area contributed by atoms with Gasteiger partial charge in [-0.25, -0.2) is 22.2 Å². The van der Waals surface area contributed by atoms with Crippen molar-refractivity contribution in [2.24, 2.45) is 0 Å². The molecule has 0 amide bonds. The molecule has 0 saturated carbocycles. The van der Waals surface area contributed by atoms with Crippen molar-refractivity contribution in [3.8, 4) is 0 Å². The van der Waals surface area contributed by atoms with E-state index in [-0.39, 0.29) is 6.04 Å². The Hall–Kier alpha value is -1.67. The minimum Gasteiger partial charge on any atom is -0.365 e. The molecular weight excluding hydrogens is 266 g/mol. The first kappa shape index (κ1) is 12.4. The summed E-state index contributed by atoms with van der Waals surface area (Å²) in [6.45, 7) is 1.05. The van der Waals surface area contributed by atoms with Crippen molar-refractivity contribution in [2.75, 3.05) is 24.7 Å². The Morgan fingerprint density at radius 3 is 3.00 bits per heavy atom. The quantitative estimate of drug-likeness (QED) is 0.868. The molecule has 7 nitrogen and oxygen atoms in total. The van der Waals surface area contributed by atoms with Crippen molar-refractivity contribution < 1.29 is 8.42 Å². The summed E-state index contributed by atoms with van der Waals surface area (Å²) in [6.07, 6.45) is 5.49. The number of aromatic nitrogens is 3. The fourth-order valence-corrected chi connectivity index (χ4v) is 3.14. The van der Waals surface area contributed by atoms with Gasteiger partial charge in [0, 0.05) is 31.5 Å². The van der Waals surface area contributed by atoms with Crippen LogP contribution in [-0.4, -0.2) is 52.7 Å². The van der Waals surface area contributed by atoms with Gasteiger partial charge in [-0.3, -0.25) is 0 Å². The standard InChI is InChI=1S/C11H15N5O2S/c1-19(17,18)15-6-4-9(8-15)13-10-2-3-11-12-5-7-16(11)14-10/h2-3,5,7,9H,4,6,8H2,1H3,(H,13,14)/t9-/m0/s1. The lowest BCUT2D eigenvalue weighted by Crippen LogP contribution is -2.30. The predicted molar refractivity (Wildman–Crippen MR) is 71.4 cm³/mol. The van der Waals surface area contributed by atoms with Gasteiger partial charge in [0.1, 0.15) is 5.82 Å². The van der Waals surface area contributed by atoms with Gasteiger partial charge in [-0.15, -0.1) is 5.10 Å². The van der Waals surface area contributed by atoms with Gasteiger partial charge in [0.15, 0.2) is 5.65 Å². The van der Waals surface area contributed by atoms with Crippen molar-refractivity contribution in [1.82, 2.24) is 18.9 Å². The molecule has 1 fully saturated rings. The molecule has 0 bridgehead atoms. The maximum atomic E-state index is 11.4. The molecule has 102 valence electrons. The maximum absolute atomic E-state index is 11.4. The number of sulfonamides is 1. The first-order valence-electron chi connectivity index (χ1n) is 6.04. The van der Waals surface area contributed by atoms with Gasteiger partial charge >= 0.3 is 0 Å². The molecular formula is C11H15N5O2S. The lowest BCUT2D eigenvalue weighted by molar-refractivity contribution is 0.480. The number of anilines is 1. The average molecular weight is 281 g/mol. The maximum Gasteiger partial charge on any atom is 0.211 e. The summed E-state index contributed by atoms with van der Waals surface area (Å²) in [5.41, 5.74) is 0.787. The number of hydrogen-bond donors (Lipinski definition) is 1. The zero-order valence-corrected chi connectivity index (χ0v) is 11.3. The van der Waals surface area contributed by atoms with Gasteiger partial charge in [-0.1, -0.05) is 0 Å². The Balaban J connectivity index is 1.72. The van der Waals surface area contributed by atoms with Gasteiger partial charge in [0.05, 0.1) is 6.26 Å². The molecule has 2 aromatic rings. The predicted octanol–water partition coefficient (Wildman–Crippen LogP) is 0.175. The van der Waals surface area contributed by atoms with Crippen LogP contribution in [0.2, 0.25) is 0 Å². The van der Waals surface area contributed by atoms with Crippen molar-refractivity contribution in [3.05, 3.63) is 24.5 Å². The Morgan fingerprint density at radius 2 is 2.26 bits per heavy atom. The zero-order valence-electron chi connectivity index (χ0n) is 10.5. The van der Waals surface area contributed by atoms with Gasteiger partial charge in [0.25, 0.3) is 0 Å². The smallest absolute Gasteiger partial charge is 0.211 e. The van der Waals surface area contributed by atoms with Crippen LogP contribution < -0.4 is 5.32 Å². The van der Waals surface area contributed by atoms with Gasteiger partial charge in [-0.05, 0) is 18.6 Å². The third-order valence-corrected chi connectivity index (χ3v) is 4.50. The fourth-order valence-electron chi connectivity index (χ4n) is 2.25. The Kier molecular flexibility index (Phi) is 2.90. The van der Waals surface area contributed by atoms with Crippen LogP contribution in [0.1, 0.15) is 6.42 Å². The molecule has 3 rings (SSSR count). The zero-order chi connectivity index (χ0) is 13.5. The highest BCUT2D eigenvalue weighted by atomic mass is 32.2. The molecule has 0 unspecified atom stereocenters. The third-order valence-electron chi connectivity index (χ3n) is 3.23. The molecule has 2 aromatic heterocycles. The Labute approximate surface area is 111 Å². The first-order chi connectivity index (χ1) is 9.02. The van der Waals surface area contributed by atoms with Crippen LogP contribution in [0.4, 0.5) is 5.82 Å². The molecule has 1 atom stereocenters. The molecule has 1 N–H and O–H groups in total. The molecule has 1 aliphatic rings. The van der Waals surface area contributed by atoms with E-state index in [0.717, 1.165) is 17.9 Å². The first-order valence-corrected chi connectivity index (χ1v) is 7.89. The summed E-state index contributed by atoms with van der Waals surface area (Å²) in [5, 5.41) is 7.62. The van der Waals surface area contributed by atoms with E-state index in [9.17, 15) is 8.42 Å². The molecule has 1 saturated heterocycles. The minimum atomic E-state index is -3.10. The second-order valence-electron chi connectivity index (χ2n) is 4.70. The van der Waals surface area contributed by atoms with E-state index >= 15 is 0 Å². The lowest BCUT2D eigenvalue weighted by Gasteiger charge is -2.14. The van der Waals surface area contributed by atoms with Crippen LogP contribution in [0.5, 0.6) is 0 Å². The number of nitrogens with zero attached hydrogens (tertiary/aromatic N) is 4. The van der Waals surface area contributed by atoms with E-state index in [1.165, 1.54) is 10.6 Å². The van der Waals surface area contributed by atoms with E-state index in [1.807, 2.05) is 12.1 Å². The molecule has 0 radical (unpaired) electrons. The topological polar surface area (TPSA) is 79.6 Å². The molecule has 0 aliphatic carbocycles. The van der Waals surface area contributed by atoms with Crippen molar-refractivity contribution in [1.29, 1.82) is 0 Å². The van der Waals surface area contributed by atoms with Crippen molar-refractivity contribution in [2.45, 2.75) is 12.5 Å². The Bertz CT molecular complexity index is 696. The second-order valence-corrected chi connectivity index (χ2v) is 6.68. The number of hydrogen-bond acceptors (Lipinski definition) is 5. The summed E-state index contributed by atoms with van der Waals surface area (Å²) in [4.78, 5) is 4.12. The highest BCUT2D eigenvalue weighted by Gasteiger charge is 2.28. The van der Waals surface area contributed by atoms with Crippen LogP contribution in [0.3, 0.4) is 0 Å². The molecule has 8 heteroatoms. The summed E-state index contributed by atoms with van der Waals surface area (Å²) < 4.78 is 26.1. The van der Waals surface area contributed by atoms with Crippen molar-refractivity contribution in [3.63, 3.8) is 0 Å². The number of imidazole rings is 1. The van der Waals surface area contributed by atoms with Crippen LogP contribution in [0.25, 0.3) is 5.65 Å². The van der Waals surface area contributed by atoms with Crippen LogP contribution >= 0.6 is 0 Å². The lowest BCUT2D eigenvalue weighted by atomic mass is 10.2. The molecule has 0 aromatic carbocycles. The highest BCUT2D eigenvalue weighted by Crippen LogP contribution is 2.16. The Morgan fingerprint density at radius 1 is 1.42 bits per heavy atom. The molecule has 3 heterocycles. The van der Waals surface area contributed by atoms with E-state index in [4.69, 9.17) is 0 Å². The molecule has 19 heavy (non-hydrogen) atoms.